The van der Waals surface area contributed by atoms with Crippen molar-refractivity contribution in [2.24, 2.45) is 7.05 Å². The Morgan fingerprint density at radius 2 is 2.26 bits per heavy atom. The molecule has 0 fully saturated rings. The highest BCUT2D eigenvalue weighted by molar-refractivity contribution is 6.29. The predicted octanol–water partition coefficient (Wildman–Crippen LogP) is 2.84. The lowest BCUT2D eigenvalue weighted by Crippen LogP contribution is -2.06. The van der Waals surface area contributed by atoms with Gasteiger partial charge in [0.15, 0.2) is 0 Å². The zero-order valence-corrected chi connectivity index (χ0v) is 11.4. The van der Waals surface area contributed by atoms with Gasteiger partial charge in [0.2, 0.25) is 0 Å². The highest BCUT2D eigenvalue weighted by Crippen LogP contribution is 2.26. The maximum absolute atomic E-state index is 13.1. The Morgan fingerprint density at radius 1 is 1.53 bits per heavy atom. The third kappa shape index (κ3) is 3.05. The van der Waals surface area contributed by atoms with Gasteiger partial charge < -0.3 is 14.4 Å². The number of imidazole rings is 1. The van der Waals surface area contributed by atoms with Crippen molar-refractivity contribution in [3.63, 3.8) is 0 Å². The van der Waals surface area contributed by atoms with Gasteiger partial charge in [0.25, 0.3) is 0 Å². The molecule has 4 nitrogen and oxygen atoms in total. The van der Waals surface area contributed by atoms with Crippen molar-refractivity contribution in [3.8, 4) is 5.75 Å². The van der Waals surface area contributed by atoms with Gasteiger partial charge in [0, 0.05) is 12.6 Å². The summed E-state index contributed by atoms with van der Waals surface area (Å²) < 4.78 is 20.4. The van der Waals surface area contributed by atoms with E-state index in [1.807, 2.05) is 0 Å². The van der Waals surface area contributed by atoms with Crippen LogP contribution in [0.5, 0.6) is 5.75 Å². The highest BCUT2D eigenvalue weighted by Gasteiger charge is 2.12. The Hall–Kier alpha value is -1.59. The third-order valence-electron chi connectivity index (χ3n) is 2.81. The van der Waals surface area contributed by atoms with Crippen LogP contribution in [0.15, 0.2) is 24.4 Å². The maximum Gasteiger partial charge on any atom is 0.147 e. The average molecular weight is 285 g/mol. The number of hydrogen-bond donors (Lipinski definition) is 1. The zero-order chi connectivity index (χ0) is 14.0. The summed E-state index contributed by atoms with van der Waals surface area (Å²) in [5, 5.41) is 10.1. The fourth-order valence-electron chi connectivity index (χ4n) is 1.68. The smallest absolute Gasteiger partial charge is 0.147 e. The van der Waals surface area contributed by atoms with Crippen LogP contribution in [0, 0.1) is 5.82 Å². The van der Waals surface area contributed by atoms with Crippen LogP contribution >= 0.6 is 11.6 Å². The molecule has 1 unspecified atom stereocenters. The fourth-order valence-corrected chi connectivity index (χ4v) is 1.82. The minimum Gasteiger partial charge on any atom is -0.485 e. The van der Waals surface area contributed by atoms with Gasteiger partial charge in [0.05, 0.1) is 12.3 Å². The molecule has 0 radical (unpaired) electrons. The van der Waals surface area contributed by atoms with E-state index in [9.17, 15) is 9.50 Å². The molecule has 0 saturated heterocycles. The predicted molar refractivity (Wildman–Crippen MR) is 69.6 cm³/mol. The number of ether oxygens (including phenoxy) is 1. The van der Waals surface area contributed by atoms with Gasteiger partial charge in [-0.05, 0) is 25.1 Å². The van der Waals surface area contributed by atoms with Gasteiger partial charge in [0.1, 0.15) is 29.2 Å². The number of halogens is 2. The molecule has 6 heteroatoms. The van der Waals surface area contributed by atoms with Crippen LogP contribution in [0.4, 0.5) is 4.39 Å². The Bertz CT molecular complexity index is 584. The van der Waals surface area contributed by atoms with Crippen LogP contribution in [-0.2, 0) is 13.7 Å². The van der Waals surface area contributed by atoms with Crippen molar-refractivity contribution in [3.05, 3.63) is 46.8 Å². The number of aliphatic hydroxyl groups excluding tert-OH is 1. The van der Waals surface area contributed by atoms with E-state index in [1.165, 1.54) is 24.4 Å². The molecule has 19 heavy (non-hydrogen) atoms. The third-order valence-corrected chi connectivity index (χ3v) is 3.16. The van der Waals surface area contributed by atoms with Crippen molar-refractivity contribution in [2.75, 3.05) is 0 Å². The lowest BCUT2D eigenvalue weighted by atomic mass is 10.1. The van der Waals surface area contributed by atoms with E-state index >= 15 is 0 Å². The number of aliphatic hydroxyl groups is 1. The van der Waals surface area contributed by atoms with Crippen molar-refractivity contribution >= 4 is 11.6 Å². The van der Waals surface area contributed by atoms with Crippen LogP contribution in [0.1, 0.15) is 24.4 Å². The molecule has 2 aromatic rings. The molecular weight excluding hydrogens is 271 g/mol. The molecule has 1 aromatic heterocycles. The summed E-state index contributed by atoms with van der Waals surface area (Å²) in [6, 6.07) is 4.03. The Morgan fingerprint density at radius 3 is 2.84 bits per heavy atom. The van der Waals surface area contributed by atoms with Gasteiger partial charge >= 0.3 is 0 Å². The molecule has 0 bridgehead atoms. The van der Waals surface area contributed by atoms with Crippen molar-refractivity contribution in [1.29, 1.82) is 0 Å². The monoisotopic (exact) mass is 284 g/mol. The summed E-state index contributed by atoms with van der Waals surface area (Å²) in [7, 11) is 1.77. The van der Waals surface area contributed by atoms with Crippen LogP contribution in [0.25, 0.3) is 0 Å². The van der Waals surface area contributed by atoms with E-state index < -0.39 is 11.9 Å². The van der Waals surface area contributed by atoms with Crippen molar-refractivity contribution < 1.29 is 14.2 Å². The van der Waals surface area contributed by atoms with Crippen LogP contribution in [0.3, 0.4) is 0 Å². The normalized spacial score (nSPS) is 12.5. The molecule has 0 saturated carbocycles. The second kappa shape index (κ2) is 5.59. The maximum atomic E-state index is 13.1. The minimum atomic E-state index is -0.810. The Balaban J connectivity index is 2.17. The molecule has 1 aromatic carbocycles. The van der Waals surface area contributed by atoms with Gasteiger partial charge in [-0.2, -0.15) is 0 Å². The topological polar surface area (TPSA) is 47.3 Å². The largest absolute Gasteiger partial charge is 0.485 e. The summed E-state index contributed by atoms with van der Waals surface area (Å²) in [6.45, 7) is 1.74. The lowest BCUT2D eigenvalue weighted by Gasteiger charge is -2.13. The molecule has 0 aliphatic heterocycles. The van der Waals surface area contributed by atoms with Crippen LogP contribution in [-0.4, -0.2) is 14.7 Å². The number of benzene rings is 1. The zero-order valence-electron chi connectivity index (χ0n) is 10.6. The van der Waals surface area contributed by atoms with E-state index in [4.69, 9.17) is 16.3 Å². The molecule has 1 atom stereocenters. The standard InChI is InChI=1S/C13H14ClFN2O2/c1-8(18)10-5-9(15)3-4-11(10)19-7-13-16-6-12(14)17(13)2/h3-6,8,18H,7H2,1-2H3. The van der Waals surface area contributed by atoms with Gasteiger partial charge in [-0.15, -0.1) is 0 Å². The summed E-state index contributed by atoms with van der Waals surface area (Å²) in [4.78, 5) is 4.09. The summed E-state index contributed by atoms with van der Waals surface area (Å²) in [6.07, 6.45) is 0.719. The first-order valence-electron chi connectivity index (χ1n) is 5.75. The summed E-state index contributed by atoms with van der Waals surface area (Å²) in [5.74, 6) is 0.657. The van der Waals surface area contributed by atoms with Crippen LogP contribution < -0.4 is 4.74 Å². The van der Waals surface area contributed by atoms with E-state index in [0.717, 1.165) is 0 Å². The highest BCUT2D eigenvalue weighted by atomic mass is 35.5. The molecular formula is C13H14ClFN2O2. The molecule has 2 rings (SSSR count). The number of rotatable bonds is 4. The summed E-state index contributed by atoms with van der Waals surface area (Å²) >= 11 is 5.87. The van der Waals surface area contributed by atoms with E-state index in [2.05, 4.69) is 4.98 Å². The molecule has 0 amide bonds. The van der Waals surface area contributed by atoms with Crippen LogP contribution in [0.2, 0.25) is 5.15 Å². The minimum absolute atomic E-state index is 0.189. The Labute approximate surface area is 115 Å². The quantitative estimate of drug-likeness (QED) is 0.939. The van der Waals surface area contributed by atoms with Gasteiger partial charge in [-0.1, -0.05) is 11.6 Å². The first kappa shape index (κ1) is 13.8. The number of nitrogens with zero attached hydrogens (tertiary/aromatic N) is 2. The van der Waals surface area contributed by atoms with Crippen molar-refractivity contribution in [1.82, 2.24) is 9.55 Å². The lowest BCUT2D eigenvalue weighted by molar-refractivity contribution is 0.188. The van der Waals surface area contributed by atoms with Gasteiger partial charge in [-0.25, -0.2) is 9.37 Å². The first-order valence-corrected chi connectivity index (χ1v) is 6.13. The average Bonchev–Trinajstić information content (AvgIpc) is 2.68. The molecule has 0 aliphatic rings. The molecule has 1 heterocycles. The van der Waals surface area contributed by atoms with Gasteiger partial charge in [-0.3, -0.25) is 0 Å². The Kier molecular flexibility index (Phi) is 4.07. The second-order valence-electron chi connectivity index (χ2n) is 4.20. The number of aromatic nitrogens is 2. The molecule has 0 aliphatic carbocycles. The van der Waals surface area contributed by atoms with Crippen molar-refractivity contribution in [2.45, 2.75) is 19.6 Å². The molecule has 1 N–H and O–H groups in total. The second-order valence-corrected chi connectivity index (χ2v) is 4.59. The molecule has 102 valence electrons. The fraction of sp³-hybridized carbons (Fsp3) is 0.308. The SMILES string of the molecule is CC(O)c1cc(F)ccc1OCc1ncc(Cl)n1C. The number of hydrogen-bond acceptors (Lipinski definition) is 3. The summed E-state index contributed by atoms with van der Waals surface area (Å²) in [5.41, 5.74) is 0.403. The molecule has 0 spiro atoms. The first-order chi connectivity index (χ1) is 8.99. The van der Waals surface area contributed by atoms with E-state index in [1.54, 1.807) is 18.5 Å². The van der Waals surface area contributed by atoms with E-state index in [0.29, 0.717) is 22.3 Å². The van der Waals surface area contributed by atoms with E-state index in [-0.39, 0.29) is 6.61 Å².